The Morgan fingerprint density at radius 3 is 2.68 bits per heavy atom. The summed E-state index contributed by atoms with van der Waals surface area (Å²) >= 11 is 5.22. The molecule has 2 aromatic rings. The van der Waals surface area contributed by atoms with Gasteiger partial charge in [-0.1, -0.05) is 13.3 Å². The second-order valence-electron chi connectivity index (χ2n) is 7.39. The van der Waals surface area contributed by atoms with Gasteiger partial charge >= 0.3 is 0 Å². The van der Waals surface area contributed by atoms with Crippen molar-refractivity contribution in [3.8, 4) is 5.75 Å². The lowest BCUT2D eigenvalue weighted by Gasteiger charge is -2.27. The molecule has 0 bridgehead atoms. The monoisotopic (exact) mass is 467 g/mol. The summed E-state index contributed by atoms with van der Waals surface area (Å²) < 4.78 is 35.6. The Hall–Kier alpha value is -2.24. The van der Waals surface area contributed by atoms with Crippen LogP contribution in [0.3, 0.4) is 0 Å². The Balaban J connectivity index is 1.84. The average Bonchev–Trinajstić information content (AvgIpc) is 3.09. The number of aromatic amines is 1. The highest BCUT2D eigenvalue weighted by molar-refractivity contribution is 7.89. The van der Waals surface area contributed by atoms with E-state index in [0.29, 0.717) is 42.4 Å². The first-order valence-electron chi connectivity index (χ1n) is 10.6. The Morgan fingerprint density at radius 1 is 1.26 bits per heavy atom. The molecule has 3 rings (SSSR count). The predicted molar refractivity (Wildman–Crippen MR) is 120 cm³/mol. The highest BCUT2D eigenvalue weighted by Crippen LogP contribution is 2.31. The molecule has 1 fully saturated rings. The van der Waals surface area contributed by atoms with Crippen LogP contribution in [0.4, 0.5) is 5.69 Å². The van der Waals surface area contributed by atoms with Crippen molar-refractivity contribution in [2.24, 2.45) is 0 Å². The van der Waals surface area contributed by atoms with E-state index in [1.165, 1.54) is 10.4 Å². The number of hydrogen-bond acceptors (Lipinski definition) is 6. The number of anilines is 1. The number of hydrogen-bond donors (Lipinski definition) is 2. The van der Waals surface area contributed by atoms with Crippen molar-refractivity contribution in [1.82, 2.24) is 19.1 Å². The van der Waals surface area contributed by atoms with Crippen LogP contribution in [-0.4, -0.2) is 53.1 Å². The van der Waals surface area contributed by atoms with Gasteiger partial charge in [-0.25, -0.2) is 8.42 Å². The first-order chi connectivity index (χ1) is 14.9. The Labute approximate surface area is 187 Å². The minimum atomic E-state index is -3.72. The van der Waals surface area contributed by atoms with E-state index >= 15 is 0 Å². The van der Waals surface area contributed by atoms with Crippen LogP contribution < -0.4 is 10.1 Å². The first-order valence-corrected chi connectivity index (χ1v) is 12.4. The van der Waals surface area contributed by atoms with E-state index < -0.39 is 10.0 Å². The SMILES string of the molecule is CCCc1n[nH]c(=S)n1CC(=O)Nc1ccc(OCC)c(S(=O)(=O)N2CCCCC2)c1. The van der Waals surface area contributed by atoms with Crippen LogP contribution in [-0.2, 0) is 27.8 Å². The summed E-state index contributed by atoms with van der Waals surface area (Å²) in [5.74, 6) is 0.677. The third kappa shape index (κ3) is 5.52. The van der Waals surface area contributed by atoms with E-state index in [1.54, 1.807) is 23.6 Å². The number of nitrogens with zero attached hydrogens (tertiary/aromatic N) is 3. The molecule has 1 amide bonds. The lowest BCUT2D eigenvalue weighted by Crippen LogP contribution is -2.35. The van der Waals surface area contributed by atoms with Crippen molar-refractivity contribution in [2.45, 2.75) is 57.4 Å². The fourth-order valence-electron chi connectivity index (χ4n) is 3.58. The quantitative estimate of drug-likeness (QED) is 0.549. The third-order valence-corrected chi connectivity index (χ3v) is 7.30. The maximum atomic E-state index is 13.2. The van der Waals surface area contributed by atoms with Crippen LogP contribution in [0.2, 0.25) is 0 Å². The molecule has 1 aliphatic rings. The molecule has 1 aliphatic heterocycles. The largest absolute Gasteiger partial charge is 0.492 e. The van der Waals surface area contributed by atoms with Gasteiger partial charge in [0.05, 0.1) is 6.61 Å². The molecule has 0 spiro atoms. The molecule has 1 aromatic carbocycles. The molecule has 11 heteroatoms. The van der Waals surface area contributed by atoms with Crippen LogP contribution in [0.5, 0.6) is 5.75 Å². The smallest absolute Gasteiger partial charge is 0.246 e. The normalized spacial score (nSPS) is 15.0. The van der Waals surface area contributed by atoms with Crippen molar-refractivity contribution in [2.75, 3.05) is 25.0 Å². The molecule has 0 aliphatic carbocycles. The van der Waals surface area contributed by atoms with Gasteiger partial charge in [-0.3, -0.25) is 14.5 Å². The van der Waals surface area contributed by atoms with Crippen molar-refractivity contribution in [3.05, 3.63) is 28.8 Å². The zero-order valence-corrected chi connectivity index (χ0v) is 19.5. The second-order valence-corrected chi connectivity index (χ2v) is 9.68. The molecule has 170 valence electrons. The summed E-state index contributed by atoms with van der Waals surface area (Å²) in [6.07, 6.45) is 4.27. The third-order valence-electron chi connectivity index (χ3n) is 5.07. The molecule has 0 atom stereocenters. The maximum absolute atomic E-state index is 13.2. The van der Waals surface area contributed by atoms with Crippen molar-refractivity contribution in [3.63, 3.8) is 0 Å². The summed E-state index contributed by atoms with van der Waals surface area (Å²) in [6.45, 7) is 5.13. The fraction of sp³-hybridized carbons (Fsp3) is 0.550. The van der Waals surface area contributed by atoms with E-state index in [0.717, 1.165) is 25.7 Å². The topological polar surface area (TPSA) is 109 Å². The Kier molecular flexibility index (Phi) is 7.84. The van der Waals surface area contributed by atoms with E-state index in [-0.39, 0.29) is 23.1 Å². The number of carbonyl (C=O) groups is 1. The highest BCUT2D eigenvalue weighted by Gasteiger charge is 2.29. The number of aryl methyl sites for hydroxylation is 1. The van der Waals surface area contributed by atoms with Gasteiger partial charge in [0.25, 0.3) is 0 Å². The maximum Gasteiger partial charge on any atom is 0.246 e. The molecular weight excluding hydrogens is 438 g/mol. The molecular formula is C20H29N5O4S2. The lowest BCUT2D eigenvalue weighted by atomic mass is 10.2. The molecule has 9 nitrogen and oxygen atoms in total. The van der Waals surface area contributed by atoms with E-state index in [4.69, 9.17) is 17.0 Å². The number of amides is 1. The van der Waals surface area contributed by atoms with Gasteiger partial charge < -0.3 is 10.1 Å². The highest BCUT2D eigenvalue weighted by atomic mass is 32.2. The van der Waals surface area contributed by atoms with Crippen molar-refractivity contribution >= 4 is 33.8 Å². The van der Waals surface area contributed by atoms with Crippen LogP contribution in [0.25, 0.3) is 0 Å². The number of nitrogens with one attached hydrogen (secondary N) is 2. The minimum Gasteiger partial charge on any atom is -0.492 e. The van der Waals surface area contributed by atoms with Gasteiger partial charge in [-0.2, -0.15) is 9.40 Å². The Morgan fingerprint density at radius 2 is 2.00 bits per heavy atom. The Bertz CT molecular complexity index is 1070. The zero-order valence-electron chi connectivity index (χ0n) is 17.9. The number of piperidine rings is 1. The summed E-state index contributed by atoms with van der Waals surface area (Å²) in [4.78, 5) is 12.7. The number of H-pyrrole nitrogens is 1. The number of aromatic nitrogens is 3. The van der Waals surface area contributed by atoms with Gasteiger partial charge in [-0.05, 0) is 56.6 Å². The van der Waals surface area contributed by atoms with Crippen LogP contribution in [0.15, 0.2) is 23.1 Å². The zero-order chi connectivity index (χ0) is 22.4. The van der Waals surface area contributed by atoms with E-state index in [1.807, 2.05) is 6.92 Å². The van der Waals surface area contributed by atoms with Crippen molar-refractivity contribution in [1.29, 1.82) is 0 Å². The van der Waals surface area contributed by atoms with Crippen LogP contribution >= 0.6 is 12.2 Å². The molecule has 0 unspecified atom stereocenters. The molecule has 2 N–H and O–H groups in total. The molecule has 0 saturated carbocycles. The molecule has 1 saturated heterocycles. The van der Waals surface area contributed by atoms with Crippen LogP contribution in [0, 0.1) is 4.77 Å². The standard InChI is InChI=1S/C20H29N5O4S2/c1-3-8-18-22-23-20(30)25(18)14-19(26)21-15-9-10-16(29-4-2)17(13-15)31(27,28)24-11-6-5-7-12-24/h9-10,13H,3-8,11-12,14H2,1-2H3,(H,21,26)(H,23,30). The van der Waals surface area contributed by atoms with Crippen molar-refractivity contribution < 1.29 is 17.9 Å². The van der Waals surface area contributed by atoms with Gasteiger partial charge in [0.1, 0.15) is 23.0 Å². The number of sulfonamides is 1. The first kappa shape index (κ1) is 23.4. The number of benzene rings is 1. The number of ether oxygens (including phenoxy) is 1. The average molecular weight is 468 g/mol. The van der Waals surface area contributed by atoms with Gasteiger partial charge in [0, 0.05) is 25.2 Å². The minimum absolute atomic E-state index is 0.00785. The predicted octanol–water partition coefficient (Wildman–Crippen LogP) is 3.11. The summed E-state index contributed by atoms with van der Waals surface area (Å²) in [5, 5.41) is 9.65. The van der Waals surface area contributed by atoms with E-state index in [2.05, 4.69) is 15.5 Å². The van der Waals surface area contributed by atoms with E-state index in [9.17, 15) is 13.2 Å². The number of rotatable bonds is 9. The summed E-state index contributed by atoms with van der Waals surface area (Å²) in [5.41, 5.74) is 0.385. The molecule has 2 heterocycles. The van der Waals surface area contributed by atoms with Gasteiger partial charge in [0.2, 0.25) is 15.9 Å². The van der Waals surface area contributed by atoms with Gasteiger partial charge in [0.15, 0.2) is 4.77 Å². The summed E-state index contributed by atoms with van der Waals surface area (Å²) in [6, 6.07) is 4.69. The van der Waals surface area contributed by atoms with Gasteiger partial charge in [-0.15, -0.1) is 0 Å². The van der Waals surface area contributed by atoms with Crippen LogP contribution in [0.1, 0.15) is 45.4 Å². The second kappa shape index (κ2) is 10.4. The molecule has 1 aromatic heterocycles. The summed E-state index contributed by atoms with van der Waals surface area (Å²) in [7, 11) is -3.72. The molecule has 0 radical (unpaired) electrons. The molecule has 31 heavy (non-hydrogen) atoms. The fourth-order valence-corrected chi connectivity index (χ4v) is 5.47. The lowest BCUT2D eigenvalue weighted by molar-refractivity contribution is -0.116. The number of carbonyl (C=O) groups excluding carboxylic acids is 1.